The maximum absolute atomic E-state index is 10.9. The van der Waals surface area contributed by atoms with Gasteiger partial charge in [0.05, 0.1) is 19.3 Å². The molecular formula is C17H26N2O3. The maximum Gasteiger partial charge on any atom is 0.217 e. The molecule has 1 aromatic carbocycles. The molecule has 0 bridgehead atoms. The van der Waals surface area contributed by atoms with Crippen LogP contribution in [-0.2, 0) is 16.1 Å². The van der Waals surface area contributed by atoms with Gasteiger partial charge in [-0.1, -0.05) is 30.3 Å². The Balaban J connectivity index is 1.59. The second-order valence-electron chi connectivity index (χ2n) is 6.07. The van der Waals surface area contributed by atoms with Gasteiger partial charge in [0.1, 0.15) is 0 Å². The summed E-state index contributed by atoms with van der Waals surface area (Å²) in [4.78, 5) is 13.1. The largest absolute Gasteiger partial charge is 0.389 e. The predicted octanol–water partition coefficient (Wildman–Crippen LogP) is 1.15. The van der Waals surface area contributed by atoms with Crippen molar-refractivity contribution in [2.75, 3.05) is 26.2 Å². The number of aliphatic hydroxyl groups is 1. The summed E-state index contributed by atoms with van der Waals surface area (Å²) in [6, 6.07) is 9.95. The molecule has 0 aromatic heterocycles. The summed E-state index contributed by atoms with van der Waals surface area (Å²) in [5.74, 6) is 0.188. The quantitative estimate of drug-likeness (QED) is 0.755. The number of primary amides is 1. The molecule has 5 heteroatoms. The first-order valence-electron chi connectivity index (χ1n) is 7.94. The Bertz CT molecular complexity index is 444. The van der Waals surface area contributed by atoms with Gasteiger partial charge in [-0.05, 0) is 37.4 Å². The highest BCUT2D eigenvalue weighted by Crippen LogP contribution is 2.20. The van der Waals surface area contributed by atoms with E-state index in [1.54, 1.807) is 0 Å². The summed E-state index contributed by atoms with van der Waals surface area (Å²) in [6.07, 6.45) is 1.95. The molecule has 3 N–H and O–H groups in total. The van der Waals surface area contributed by atoms with Gasteiger partial charge in [0.2, 0.25) is 5.91 Å². The van der Waals surface area contributed by atoms with Gasteiger partial charge in [-0.25, -0.2) is 0 Å². The fourth-order valence-corrected chi connectivity index (χ4v) is 2.90. The van der Waals surface area contributed by atoms with Crippen LogP contribution in [0.2, 0.25) is 0 Å². The monoisotopic (exact) mass is 306 g/mol. The number of β-amino-alcohol motifs (C(OH)–C–C–N with tert-alkyl or cyclic N) is 1. The van der Waals surface area contributed by atoms with Gasteiger partial charge >= 0.3 is 0 Å². The number of hydrogen-bond acceptors (Lipinski definition) is 4. The molecule has 5 nitrogen and oxygen atoms in total. The van der Waals surface area contributed by atoms with E-state index in [1.165, 1.54) is 0 Å². The number of amides is 1. The number of nitrogens with two attached hydrogens (primary N) is 1. The number of nitrogens with zero attached hydrogens (tertiary/aromatic N) is 1. The Kier molecular flexibility index (Phi) is 6.83. The standard InChI is InChI=1S/C17H26N2O3/c18-17(21)10-14-6-8-19(9-7-14)11-16(20)13-22-12-15-4-2-1-3-5-15/h1-5,14,16,20H,6-13H2,(H2,18,21)/t16-/m0/s1. The topological polar surface area (TPSA) is 75.8 Å². The normalized spacial score (nSPS) is 18.2. The van der Waals surface area contributed by atoms with Crippen LogP contribution < -0.4 is 5.73 Å². The SMILES string of the molecule is NC(=O)CC1CCN(C[C@H](O)COCc2ccccc2)CC1. The second-order valence-corrected chi connectivity index (χ2v) is 6.07. The molecule has 1 heterocycles. The number of aliphatic hydroxyl groups excluding tert-OH is 1. The summed E-state index contributed by atoms with van der Waals surface area (Å²) >= 11 is 0. The first-order valence-corrected chi connectivity index (χ1v) is 7.94. The minimum atomic E-state index is -0.476. The van der Waals surface area contributed by atoms with Gasteiger partial charge in [0.15, 0.2) is 0 Å². The van der Waals surface area contributed by atoms with Crippen molar-refractivity contribution < 1.29 is 14.6 Å². The molecule has 1 atom stereocenters. The lowest BCUT2D eigenvalue weighted by Gasteiger charge is -2.32. The number of benzene rings is 1. The summed E-state index contributed by atoms with van der Waals surface area (Å²) in [7, 11) is 0. The number of rotatable bonds is 8. The summed E-state index contributed by atoms with van der Waals surface area (Å²) in [6.45, 7) is 3.31. The van der Waals surface area contributed by atoms with Crippen LogP contribution in [-0.4, -0.2) is 48.3 Å². The van der Waals surface area contributed by atoms with Gasteiger partial charge in [0, 0.05) is 13.0 Å². The zero-order chi connectivity index (χ0) is 15.8. The molecule has 122 valence electrons. The molecule has 1 amide bonds. The van der Waals surface area contributed by atoms with Crippen molar-refractivity contribution in [2.24, 2.45) is 11.7 Å². The van der Waals surface area contributed by atoms with E-state index in [4.69, 9.17) is 10.5 Å². The third kappa shape index (κ3) is 6.13. The second kappa shape index (κ2) is 8.88. The van der Waals surface area contributed by atoms with E-state index in [0.717, 1.165) is 31.5 Å². The van der Waals surface area contributed by atoms with Crippen LogP contribution in [0.15, 0.2) is 30.3 Å². The van der Waals surface area contributed by atoms with Crippen molar-refractivity contribution in [3.8, 4) is 0 Å². The summed E-state index contributed by atoms with van der Waals surface area (Å²) in [5.41, 5.74) is 6.35. The van der Waals surface area contributed by atoms with Gasteiger partial charge in [-0.15, -0.1) is 0 Å². The molecule has 0 radical (unpaired) electrons. The van der Waals surface area contributed by atoms with Gasteiger partial charge in [0.25, 0.3) is 0 Å². The first kappa shape index (κ1) is 16.9. The van der Waals surface area contributed by atoms with Crippen molar-refractivity contribution in [1.82, 2.24) is 4.90 Å². The summed E-state index contributed by atoms with van der Waals surface area (Å²) < 4.78 is 5.56. The van der Waals surface area contributed by atoms with Crippen molar-refractivity contribution >= 4 is 5.91 Å². The van der Waals surface area contributed by atoms with Crippen LogP contribution in [0.4, 0.5) is 0 Å². The van der Waals surface area contributed by atoms with Crippen molar-refractivity contribution in [1.29, 1.82) is 0 Å². The lowest BCUT2D eigenvalue weighted by Crippen LogP contribution is -2.40. The molecule has 1 saturated heterocycles. The maximum atomic E-state index is 10.9. The van der Waals surface area contributed by atoms with Crippen LogP contribution >= 0.6 is 0 Å². The van der Waals surface area contributed by atoms with Crippen LogP contribution in [0.3, 0.4) is 0 Å². The fourth-order valence-electron chi connectivity index (χ4n) is 2.90. The number of carbonyl (C=O) groups is 1. The van der Waals surface area contributed by atoms with Crippen LogP contribution in [0, 0.1) is 5.92 Å². The third-order valence-electron chi connectivity index (χ3n) is 4.09. The molecular weight excluding hydrogens is 280 g/mol. The molecule has 2 rings (SSSR count). The first-order chi connectivity index (χ1) is 10.6. The van der Waals surface area contributed by atoms with E-state index in [0.29, 0.717) is 32.1 Å². The predicted molar refractivity (Wildman–Crippen MR) is 85.1 cm³/mol. The van der Waals surface area contributed by atoms with Gasteiger partial charge in [-0.3, -0.25) is 4.79 Å². The Hall–Kier alpha value is -1.43. The lowest BCUT2D eigenvalue weighted by molar-refractivity contribution is -0.119. The Morgan fingerprint density at radius 3 is 2.64 bits per heavy atom. The highest BCUT2D eigenvalue weighted by molar-refractivity contribution is 5.73. The smallest absolute Gasteiger partial charge is 0.217 e. The van der Waals surface area contributed by atoms with E-state index in [-0.39, 0.29) is 5.91 Å². The highest BCUT2D eigenvalue weighted by Gasteiger charge is 2.22. The van der Waals surface area contributed by atoms with E-state index in [1.807, 2.05) is 30.3 Å². The molecule has 0 unspecified atom stereocenters. The molecule has 1 aliphatic heterocycles. The average Bonchev–Trinajstić information content (AvgIpc) is 2.50. The minimum Gasteiger partial charge on any atom is -0.389 e. The van der Waals surface area contributed by atoms with Crippen LogP contribution in [0.1, 0.15) is 24.8 Å². The molecule has 0 saturated carbocycles. The lowest BCUT2D eigenvalue weighted by atomic mass is 9.93. The molecule has 0 spiro atoms. The van der Waals surface area contributed by atoms with Crippen LogP contribution in [0.5, 0.6) is 0 Å². The third-order valence-corrected chi connectivity index (χ3v) is 4.09. The van der Waals surface area contributed by atoms with E-state index in [9.17, 15) is 9.90 Å². The zero-order valence-corrected chi connectivity index (χ0v) is 13.0. The van der Waals surface area contributed by atoms with E-state index < -0.39 is 6.10 Å². The Morgan fingerprint density at radius 1 is 1.32 bits per heavy atom. The zero-order valence-electron chi connectivity index (χ0n) is 13.0. The Labute approximate surface area is 132 Å². The minimum absolute atomic E-state index is 0.215. The molecule has 0 aliphatic carbocycles. The van der Waals surface area contributed by atoms with E-state index >= 15 is 0 Å². The summed E-state index contributed by atoms with van der Waals surface area (Å²) in [5, 5.41) is 10.0. The van der Waals surface area contributed by atoms with Gasteiger partial charge in [-0.2, -0.15) is 0 Å². The number of carbonyl (C=O) groups excluding carboxylic acids is 1. The average molecular weight is 306 g/mol. The van der Waals surface area contributed by atoms with Crippen molar-refractivity contribution in [3.63, 3.8) is 0 Å². The van der Waals surface area contributed by atoms with Gasteiger partial charge < -0.3 is 20.5 Å². The number of piperidine rings is 1. The molecule has 1 fully saturated rings. The highest BCUT2D eigenvalue weighted by atomic mass is 16.5. The van der Waals surface area contributed by atoms with E-state index in [2.05, 4.69) is 4.90 Å². The molecule has 22 heavy (non-hydrogen) atoms. The number of hydrogen-bond donors (Lipinski definition) is 2. The Morgan fingerprint density at radius 2 is 2.00 bits per heavy atom. The number of ether oxygens (including phenoxy) is 1. The fraction of sp³-hybridized carbons (Fsp3) is 0.588. The van der Waals surface area contributed by atoms with Crippen LogP contribution in [0.25, 0.3) is 0 Å². The molecule has 1 aliphatic rings. The van der Waals surface area contributed by atoms with Crippen molar-refractivity contribution in [2.45, 2.75) is 32.0 Å². The number of likely N-dealkylation sites (tertiary alicyclic amines) is 1. The molecule has 1 aromatic rings. The van der Waals surface area contributed by atoms with Crippen molar-refractivity contribution in [3.05, 3.63) is 35.9 Å².